The van der Waals surface area contributed by atoms with Crippen LogP contribution in [0.5, 0.6) is 0 Å². The minimum absolute atomic E-state index is 0.00923. The number of rotatable bonds is 6. The van der Waals surface area contributed by atoms with Crippen LogP contribution in [-0.2, 0) is 9.53 Å². The average Bonchev–Trinajstić information content (AvgIpc) is 2.65. The van der Waals surface area contributed by atoms with Gasteiger partial charge in [0.25, 0.3) is 0 Å². The lowest BCUT2D eigenvalue weighted by atomic mass is 9.93. The number of nitrogens with one attached hydrogen (secondary N) is 2. The molecule has 0 aromatic carbocycles. The fourth-order valence-corrected chi connectivity index (χ4v) is 2.24. The molecule has 1 rings (SSSR count). The molecule has 17 heavy (non-hydrogen) atoms. The van der Waals surface area contributed by atoms with Gasteiger partial charge in [0.1, 0.15) is 0 Å². The molecule has 1 aliphatic rings. The first-order valence-electron chi connectivity index (χ1n) is 5.85. The normalized spacial score (nSPS) is 17.7. The molecule has 0 heterocycles. The molecular formula is C11H20N2O4. The molecule has 1 aliphatic carbocycles. The summed E-state index contributed by atoms with van der Waals surface area (Å²) in [5, 5.41) is 14.3. The molecule has 98 valence electrons. The molecule has 0 spiro atoms. The molecule has 0 aliphatic heterocycles. The zero-order valence-electron chi connectivity index (χ0n) is 10.1. The third-order valence-corrected chi connectivity index (χ3v) is 3.02. The Labute approximate surface area is 101 Å². The van der Waals surface area contributed by atoms with E-state index in [4.69, 9.17) is 9.84 Å². The van der Waals surface area contributed by atoms with E-state index in [-0.39, 0.29) is 12.5 Å². The number of aliphatic carboxylic acids is 1. The molecule has 0 aromatic rings. The van der Waals surface area contributed by atoms with Crippen molar-refractivity contribution in [1.29, 1.82) is 0 Å². The molecule has 2 amide bonds. The summed E-state index contributed by atoms with van der Waals surface area (Å²) in [6.07, 6.45) is 3.38. The summed E-state index contributed by atoms with van der Waals surface area (Å²) in [6.45, 7) is 0.866. The van der Waals surface area contributed by atoms with E-state index in [2.05, 4.69) is 10.6 Å². The maximum absolute atomic E-state index is 11.6. The third-order valence-electron chi connectivity index (χ3n) is 3.02. The monoisotopic (exact) mass is 244 g/mol. The summed E-state index contributed by atoms with van der Waals surface area (Å²) >= 11 is 0. The minimum atomic E-state index is -0.871. The Morgan fingerprint density at radius 1 is 1.35 bits per heavy atom. The molecule has 1 fully saturated rings. The highest BCUT2D eigenvalue weighted by Gasteiger charge is 2.37. The van der Waals surface area contributed by atoms with Crippen LogP contribution in [0, 0.1) is 0 Å². The Kier molecular flexibility index (Phi) is 5.21. The van der Waals surface area contributed by atoms with Gasteiger partial charge in [0.2, 0.25) is 0 Å². The van der Waals surface area contributed by atoms with E-state index < -0.39 is 11.5 Å². The van der Waals surface area contributed by atoms with Gasteiger partial charge in [-0.3, -0.25) is 4.79 Å². The highest BCUT2D eigenvalue weighted by atomic mass is 16.5. The molecule has 0 atom stereocenters. The van der Waals surface area contributed by atoms with Gasteiger partial charge in [0, 0.05) is 13.7 Å². The van der Waals surface area contributed by atoms with Gasteiger partial charge in [-0.15, -0.1) is 0 Å². The van der Waals surface area contributed by atoms with Gasteiger partial charge in [-0.1, -0.05) is 12.8 Å². The number of hydrogen-bond donors (Lipinski definition) is 3. The van der Waals surface area contributed by atoms with Crippen molar-refractivity contribution in [3.63, 3.8) is 0 Å². The Hall–Kier alpha value is -1.30. The predicted octanol–water partition coefficient (Wildman–Crippen LogP) is 0.719. The molecule has 6 nitrogen and oxygen atoms in total. The van der Waals surface area contributed by atoms with Crippen molar-refractivity contribution in [2.45, 2.75) is 37.6 Å². The van der Waals surface area contributed by atoms with E-state index in [1.807, 2.05) is 0 Å². The van der Waals surface area contributed by atoms with E-state index in [1.54, 1.807) is 7.11 Å². The van der Waals surface area contributed by atoms with E-state index in [1.165, 1.54) is 0 Å². The van der Waals surface area contributed by atoms with Crippen molar-refractivity contribution in [1.82, 2.24) is 10.6 Å². The minimum Gasteiger partial charge on any atom is -0.481 e. The molecule has 6 heteroatoms. The SMILES string of the molecule is COCCNC(=O)NC1(CC(=O)O)CCCC1. The second-order valence-electron chi connectivity index (χ2n) is 4.43. The van der Waals surface area contributed by atoms with Gasteiger partial charge in [-0.2, -0.15) is 0 Å². The van der Waals surface area contributed by atoms with Gasteiger partial charge < -0.3 is 20.5 Å². The van der Waals surface area contributed by atoms with Crippen LogP contribution in [-0.4, -0.2) is 42.9 Å². The van der Waals surface area contributed by atoms with Crippen LogP contribution in [0.2, 0.25) is 0 Å². The van der Waals surface area contributed by atoms with E-state index >= 15 is 0 Å². The standard InChI is InChI=1S/C11H20N2O4/c1-17-7-6-12-10(16)13-11(8-9(14)15)4-2-3-5-11/h2-8H2,1H3,(H,14,15)(H2,12,13,16). The number of hydrogen-bond acceptors (Lipinski definition) is 3. The van der Waals surface area contributed by atoms with Crippen LogP contribution in [0.4, 0.5) is 4.79 Å². The molecule has 1 saturated carbocycles. The van der Waals surface area contributed by atoms with Gasteiger partial charge in [-0.05, 0) is 12.8 Å². The van der Waals surface area contributed by atoms with Crippen molar-refractivity contribution in [3.05, 3.63) is 0 Å². The van der Waals surface area contributed by atoms with Gasteiger partial charge in [-0.25, -0.2) is 4.79 Å². The number of ether oxygens (including phenoxy) is 1. The first kappa shape index (κ1) is 13.8. The first-order valence-corrected chi connectivity index (χ1v) is 5.85. The summed E-state index contributed by atoms with van der Waals surface area (Å²) in [5.41, 5.74) is -0.566. The van der Waals surface area contributed by atoms with Gasteiger partial charge >= 0.3 is 12.0 Å². The van der Waals surface area contributed by atoms with Crippen LogP contribution < -0.4 is 10.6 Å². The summed E-state index contributed by atoms with van der Waals surface area (Å²) < 4.78 is 4.82. The van der Waals surface area contributed by atoms with Crippen LogP contribution in [0.1, 0.15) is 32.1 Å². The number of carboxylic acids is 1. The van der Waals surface area contributed by atoms with E-state index in [9.17, 15) is 9.59 Å². The van der Waals surface area contributed by atoms with Gasteiger partial charge in [0.05, 0.1) is 18.6 Å². The fourth-order valence-electron chi connectivity index (χ4n) is 2.24. The molecule has 0 aromatic heterocycles. The maximum atomic E-state index is 11.6. The van der Waals surface area contributed by atoms with Crippen molar-refractivity contribution in [2.24, 2.45) is 0 Å². The first-order chi connectivity index (χ1) is 8.08. The zero-order chi connectivity index (χ0) is 12.7. The lowest BCUT2D eigenvalue weighted by Gasteiger charge is -2.28. The molecular weight excluding hydrogens is 224 g/mol. The lowest BCUT2D eigenvalue weighted by molar-refractivity contribution is -0.138. The second kappa shape index (κ2) is 6.44. The Morgan fingerprint density at radius 2 is 2.00 bits per heavy atom. The topological polar surface area (TPSA) is 87.7 Å². The Bertz CT molecular complexity index is 275. The van der Waals surface area contributed by atoms with Gasteiger partial charge in [0.15, 0.2) is 0 Å². The molecule has 0 bridgehead atoms. The summed E-state index contributed by atoms with van der Waals surface area (Å²) in [6, 6.07) is -0.315. The average molecular weight is 244 g/mol. The number of carbonyl (C=O) groups is 2. The van der Waals surface area contributed by atoms with Crippen LogP contribution in [0.3, 0.4) is 0 Å². The number of amides is 2. The maximum Gasteiger partial charge on any atom is 0.315 e. The highest BCUT2D eigenvalue weighted by molar-refractivity contribution is 5.76. The lowest BCUT2D eigenvalue weighted by Crippen LogP contribution is -2.52. The summed E-state index contributed by atoms with van der Waals surface area (Å²) in [5.74, 6) is -0.871. The molecule has 0 unspecified atom stereocenters. The van der Waals surface area contributed by atoms with Crippen molar-refractivity contribution >= 4 is 12.0 Å². The fraction of sp³-hybridized carbons (Fsp3) is 0.818. The summed E-state index contributed by atoms with van der Waals surface area (Å²) in [7, 11) is 1.56. The molecule has 0 radical (unpaired) electrons. The van der Waals surface area contributed by atoms with Crippen molar-refractivity contribution < 1.29 is 19.4 Å². The third kappa shape index (κ3) is 4.60. The zero-order valence-corrected chi connectivity index (χ0v) is 10.1. The highest BCUT2D eigenvalue weighted by Crippen LogP contribution is 2.32. The predicted molar refractivity (Wildman–Crippen MR) is 61.9 cm³/mol. The van der Waals surface area contributed by atoms with E-state index in [0.29, 0.717) is 13.2 Å². The van der Waals surface area contributed by atoms with Crippen molar-refractivity contribution in [2.75, 3.05) is 20.3 Å². The molecule has 0 saturated heterocycles. The largest absolute Gasteiger partial charge is 0.481 e. The van der Waals surface area contributed by atoms with Crippen LogP contribution >= 0.6 is 0 Å². The number of methoxy groups -OCH3 is 1. The number of carboxylic acid groups (broad SMARTS) is 1. The van der Waals surface area contributed by atoms with Crippen molar-refractivity contribution in [3.8, 4) is 0 Å². The molecule has 3 N–H and O–H groups in total. The smallest absolute Gasteiger partial charge is 0.315 e. The van der Waals surface area contributed by atoms with Crippen LogP contribution in [0.25, 0.3) is 0 Å². The van der Waals surface area contributed by atoms with Crippen LogP contribution in [0.15, 0.2) is 0 Å². The Morgan fingerprint density at radius 3 is 2.53 bits per heavy atom. The summed E-state index contributed by atoms with van der Waals surface area (Å²) in [4.78, 5) is 22.4. The Balaban J connectivity index is 2.43. The second-order valence-corrected chi connectivity index (χ2v) is 4.43. The van der Waals surface area contributed by atoms with E-state index in [0.717, 1.165) is 25.7 Å². The number of urea groups is 1. The quantitative estimate of drug-likeness (QED) is 0.601. The number of carbonyl (C=O) groups excluding carboxylic acids is 1.